The largest absolute Gasteiger partial charge is 0.387 e. The van der Waals surface area contributed by atoms with Crippen molar-refractivity contribution in [2.75, 3.05) is 11.9 Å². The van der Waals surface area contributed by atoms with E-state index in [4.69, 9.17) is 16.9 Å². The van der Waals surface area contributed by atoms with Crippen molar-refractivity contribution in [2.45, 2.75) is 6.10 Å². The molecular formula is C18H14ClN3O. The molecule has 114 valence electrons. The number of nitriles is 1. The minimum atomic E-state index is -0.677. The van der Waals surface area contributed by atoms with Gasteiger partial charge in [0.15, 0.2) is 0 Å². The Morgan fingerprint density at radius 1 is 1.17 bits per heavy atom. The molecular weight excluding hydrogens is 310 g/mol. The van der Waals surface area contributed by atoms with Gasteiger partial charge < -0.3 is 10.4 Å². The Hall–Kier alpha value is -2.61. The van der Waals surface area contributed by atoms with Gasteiger partial charge in [0.05, 0.1) is 17.7 Å². The number of aromatic nitrogens is 1. The van der Waals surface area contributed by atoms with Gasteiger partial charge in [-0.1, -0.05) is 29.8 Å². The predicted octanol–water partition coefficient (Wildman–Crippen LogP) is 3.91. The Morgan fingerprint density at radius 2 is 1.96 bits per heavy atom. The van der Waals surface area contributed by atoms with Crippen molar-refractivity contribution in [3.63, 3.8) is 0 Å². The number of nitrogens with one attached hydrogen (secondary N) is 1. The number of hydrogen-bond acceptors (Lipinski definition) is 4. The molecule has 0 aliphatic heterocycles. The zero-order valence-electron chi connectivity index (χ0n) is 12.2. The predicted molar refractivity (Wildman–Crippen MR) is 91.4 cm³/mol. The van der Waals surface area contributed by atoms with Gasteiger partial charge >= 0.3 is 0 Å². The summed E-state index contributed by atoms with van der Waals surface area (Å²) in [6.45, 7) is 0.310. The first-order valence-corrected chi connectivity index (χ1v) is 7.51. The maximum absolute atomic E-state index is 10.3. The zero-order valence-corrected chi connectivity index (χ0v) is 13.0. The zero-order chi connectivity index (χ0) is 16.2. The van der Waals surface area contributed by atoms with Crippen LogP contribution in [0.2, 0.25) is 5.02 Å². The van der Waals surface area contributed by atoms with Crippen LogP contribution < -0.4 is 5.32 Å². The lowest BCUT2D eigenvalue weighted by Gasteiger charge is -2.14. The molecule has 4 nitrogen and oxygen atoms in total. The van der Waals surface area contributed by atoms with Crippen molar-refractivity contribution >= 4 is 28.2 Å². The minimum absolute atomic E-state index is 0.310. The van der Waals surface area contributed by atoms with Crippen molar-refractivity contribution < 1.29 is 5.11 Å². The third-order valence-corrected chi connectivity index (χ3v) is 3.86. The van der Waals surface area contributed by atoms with Gasteiger partial charge in [-0.2, -0.15) is 5.26 Å². The molecule has 0 saturated carbocycles. The quantitative estimate of drug-likeness (QED) is 0.764. The van der Waals surface area contributed by atoms with Crippen LogP contribution >= 0.6 is 11.6 Å². The van der Waals surface area contributed by atoms with Crippen molar-refractivity contribution in [3.05, 3.63) is 70.9 Å². The van der Waals surface area contributed by atoms with E-state index in [1.54, 1.807) is 42.6 Å². The monoisotopic (exact) mass is 323 g/mol. The van der Waals surface area contributed by atoms with Gasteiger partial charge in [0.25, 0.3) is 0 Å². The van der Waals surface area contributed by atoms with Crippen LogP contribution in [0.3, 0.4) is 0 Å². The molecule has 1 aromatic heterocycles. The fourth-order valence-electron chi connectivity index (χ4n) is 2.37. The highest BCUT2D eigenvalue weighted by molar-refractivity contribution is 6.30. The minimum Gasteiger partial charge on any atom is -0.387 e. The number of aliphatic hydroxyl groups excluding tert-OH is 1. The lowest BCUT2D eigenvalue weighted by molar-refractivity contribution is 0.191. The van der Waals surface area contributed by atoms with E-state index >= 15 is 0 Å². The van der Waals surface area contributed by atoms with Crippen molar-refractivity contribution in [3.8, 4) is 6.07 Å². The van der Waals surface area contributed by atoms with E-state index < -0.39 is 6.10 Å². The van der Waals surface area contributed by atoms with Crippen LogP contribution in [0.15, 0.2) is 54.7 Å². The van der Waals surface area contributed by atoms with E-state index in [0.717, 1.165) is 16.3 Å². The number of benzene rings is 2. The highest BCUT2D eigenvalue weighted by Gasteiger charge is 2.09. The Balaban J connectivity index is 1.81. The standard InChI is InChI=1S/C18H14ClN3O/c19-15-5-3-14(4-6-15)17(23)11-22-18-16-9-12(10-20)1-2-13(16)7-8-21-18/h1-9,17,23H,11H2,(H,21,22). The van der Waals surface area contributed by atoms with E-state index in [1.807, 2.05) is 12.1 Å². The van der Waals surface area contributed by atoms with Crippen LogP contribution in [0.1, 0.15) is 17.2 Å². The highest BCUT2D eigenvalue weighted by Crippen LogP contribution is 2.23. The average molecular weight is 324 g/mol. The van der Waals surface area contributed by atoms with Gasteiger partial charge in [0.1, 0.15) is 5.82 Å². The van der Waals surface area contributed by atoms with Crippen LogP contribution in [0.25, 0.3) is 10.8 Å². The summed E-state index contributed by atoms with van der Waals surface area (Å²) in [6.07, 6.45) is 1.02. The van der Waals surface area contributed by atoms with Gasteiger partial charge in [-0.15, -0.1) is 0 Å². The summed E-state index contributed by atoms with van der Waals surface area (Å²) in [5.41, 5.74) is 1.35. The highest BCUT2D eigenvalue weighted by atomic mass is 35.5. The van der Waals surface area contributed by atoms with Gasteiger partial charge in [-0.25, -0.2) is 4.98 Å². The van der Waals surface area contributed by atoms with E-state index in [9.17, 15) is 5.11 Å². The van der Waals surface area contributed by atoms with Crippen LogP contribution in [-0.4, -0.2) is 16.6 Å². The molecule has 23 heavy (non-hydrogen) atoms. The SMILES string of the molecule is N#Cc1ccc2ccnc(NCC(O)c3ccc(Cl)cc3)c2c1. The van der Waals surface area contributed by atoms with Gasteiger partial charge in [-0.05, 0) is 41.3 Å². The second kappa shape index (κ2) is 6.66. The van der Waals surface area contributed by atoms with Crippen LogP contribution in [0.4, 0.5) is 5.82 Å². The number of halogens is 1. The Morgan fingerprint density at radius 3 is 2.70 bits per heavy atom. The van der Waals surface area contributed by atoms with E-state index in [-0.39, 0.29) is 0 Å². The maximum atomic E-state index is 10.3. The Kier molecular flexibility index (Phi) is 4.42. The molecule has 3 rings (SSSR count). The molecule has 1 unspecified atom stereocenters. The number of aliphatic hydroxyl groups is 1. The summed E-state index contributed by atoms with van der Waals surface area (Å²) < 4.78 is 0. The van der Waals surface area contributed by atoms with E-state index in [1.165, 1.54) is 0 Å². The first kappa shape index (κ1) is 15.3. The van der Waals surface area contributed by atoms with Crippen molar-refractivity contribution in [1.29, 1.82) is 5.26 Å². The lowest BCUT2D eigenvalue weighted by atomic mass is 10.1. The van der Waals surface area contributed by atoms with Crippen LogP contribution in [0.5, 0.6) is 0 Å². The number of pyridine rings is 1. The molecule has 2 aromatic carbocycles. The molecule has 0 amide bonds. The average Bonchev–Trinajstić information content (AvgIpc) is 2.59. The molecule has 0 spiro atoms. The fourth-order valence-corrected chi connectivity index (χ4v) is 2.50. The summed E-state index contributed by atoms with van der Waals surface area (Å²) in [6, 6.07) is 16.5. The van der Waals surface area contributed by atoms with Crippen LogP contribution in [0, 0.1) is 11.3 Å². The number of anilines is 1. The molecule has 0 bridgehead atoms. The summed E-state index contributed by atoms with van der Waals surface area (Å²) in [4.78, 5) is 4.31. The summed E-state index contributed by atoms with van der Waals surface area (Å²) in [7, 11) is 0. The number of hydrogen-bond donors (Lipinski definition) is 2. The normalized spacial score (nSPS) is 11.9. The molecule has 1 heterocycles. The van der Waals surface area contributed by atoms with E-state index in [0.29, 0.717) is 22.9 Å². The fraction of sp³-hybridized carbons (Fsp3) is 0.111. The van der Waals surface area contributed by atoms with Gasteiger partial charge in [0.2, 0.25) is 0 Å². The summed E-state index contributed by atoms with van der Waals surface area (Å²) in [5, 5.41) is 24.9. The molecule has 0 aliphatic rings. The maximum Gasteiger partial charge on any atom is 0.133 e. The van der Waals surface area contributed by atoms with Gasteiger partial charge in [-0.3, -0.25) is 0 Å². The molecule has 3 aromatic rings. The third kappa shape index (κ3) is 3.42. The smallest absolute Gasteiger partial charge is 0.133 e. The Bertz CT molecular complexity index is 872. The van der Waals surface area contributed by atoms with Crippen molar-refractivity contribution in [1.82, 2.24) is 4.98 Å². The molecule has 0 saturated heterocycles. The lowest BCUT2D eigenvalue weighted by Crippen LogP contribution is -2.13. The van der Waals surface area contributed by atoms with Crippen LogP contribution in [-0.2, 0) is 0 Å². The van der Waals surface area contributed by atoms with E-state index in [2.05, 4.69) is 16.4 Å². The second-order valence-electron chi connectivity index (χ2n) is 5.16. The summed E-state index contributed by atoms with van der Waals surface area (Å²) >= 11 is 5.85. The third-order valence-electron chi connectivity index (χ3n) is 3.61. The Labute approximate surface area is 139 Å². The summed E-state index contributed by atoms with van der Waals surface area (Å²) in [5.74, 6) is 0.646. The number of fused-ring (bicyclic) bond motifs is 1. The van der Waals surface area contributed by atoms with Crippen molar-refractivity contribution in [2.24, 2.45) is 0 Å². The molecule has 0 radical (unpaired) electrons. The molecule has 0 aliphatic carbocycles. The molecule has 5 heteroatoms. The first-order chi connectivity index (χ1) is 11.2. The topological polar surface area (TPSA) is 68.9 Å². The molecule has 1 atom stereocenters. The number of rotatable bonds is 4. The first-order valence-electron chi connectivity index (χ1n) is 7.13. The molecule has 2 N–H and O–H groups in total. The second-order valence-corrected chi connectivity index (χ2v) is 5.59. The molecule has 0 fully saturated rings. The van der Waals surface area contributed by atoms with Gasteiger partial charge in [0, 0.05) is 23.2 Å². The number of nitrogens with zero attached hydrogens (tertiary/aromatic N) is 2.